The van der Waals surface area contributed by atoms with Crippen molar-refractivity contribution in [1.29, 1.82) is 0 Å². The normalized spacial score (nSPS) is 22.5. The third-order valence-electron chi connectivity index (χ3n) is 8.52. The molecule has 11 heteroatoms. The maximum atomic E-state index is 13.9. The molecule has 1 aromatic carbocycles. The molecule has 258 valence electrons. The number of esters is 1. The molecule has 11 nitrogen and oxygen atoms in total. The molecule has 2 aliphatic carbocycles. The Hall–Kier alpha value is -4.41. The molecule has 2 saturated carbocycles. The van der Waals surface area contributed by atoms with Crippen molar-refractivity contribution in [3.8, 4) is 28.9 Å². The first-order chi connectivity index (χ1) is 22.7. The molecule has 0 bridgehead atoms. The fourth-order valence-corrected chi connectivity index (χ4v) is 5.89. The lowest BCUT2D eigenvalue weighted by Gasteiger charge is -2.26. The molecular weight excluding hydrogens is 600 g/mol. The molecule has 47 heavy (non-hydrogen) atoms. The smallest absolute Gasteiger partial charge is 0.332 e. The summed E-state index contributed by atoms with van der Waals surface area (Å²) in [4.78, 5) is 51.0. The van der Waals surface area contributed by atoms with Crippen LogP contribution in [-0.4, -0.2) is 78.7 Å². The van der Waals surface area contributed by atoms with Crippen LogP contribution in [-0.2, 0) is 19.1 Å². The lowest BCUT2D eigenvalue weighted by Crippen LogP contribution is -2.50. The maximum absolute atomic E-state index is 13.9. The van der Waals surface area contributed by atoms with Gasteiger partial charge < -0.3 is 29.2 Å². The summed E-state index contributed by atoms with van der Waals surface area (Å²) in [5, 5.41) is 2.94. The fourth-order valence-electron chi connectivity index (χ4n) is 5.89. The number of hydrogen-bond acceptors (Lipinski definition) is 9. The first-order valence-electron chi connectivity index (χ1n) is 16.4. The number of methoxy groups -OCH3 is 2. The molecule has 0 unspecified atom stereocenters. The van der Waals surface area contributed by atoms with E-state index >= 15 is 0 Å². The maximum Gasteiger partial charge on any atom is 0.332 e. The molecule has 0 spiro atoms. The summed E-state index contributed by atoms with van der Waals surface area (Å²) in [6.07, 6.45) is 6.58. The van der Waals surface area contributed by atoms with Crippen molar-refractivity contribution >= 4 is 17.8 Å². The summed E-state index contributed by atoms with van der Waals surface area (Å²) < 4.78 is 22.2. The molecule has 5 atom stereocenters. The van der Waals surface area contributed by atoms with E-state index in [9.17, 15) is 14.4 Å². The van der Waals surface area contributed by atoms with Crippen LogP contribution in [0.5, 0.6) is 17.6 Å². The van der Waals surface area contributed by atoms with E-state index in [-0.39, 0.29) is 44.1 Å². The van der Waals surface area contributed by atoms with Crippen molar-refractivity contribution in [1.82, 2.24) is 20.2 Å². The first kappa shape index (κ1) is 37.1. The average molecular weight is 653 g/mol. The standard InChI is InChI=1S/C34H44N4O7.C2H6.H2/c1-7-10-11-12-17-38(4)31(40)27-19-25(18-26(27)30(39)37-34(21-23(34)8-2)32(41)44-9-3)45-29-20-28(35-33(36-29)43-6)22-13-15-24(42-5)16-14-22;1-2;/h7-8,13-16,20,23,25-27H,1-2,9-12,17-19,21H2,3-6H3,(H,37,39);1-2H3;1H/t23-,25-,26-,27-,34-;;/m1../s1. The monoisotopic (exact) mass is 652 g/mol. The molecule has 0 saturated heterocycles. The minimum Gasteiger partial charge on any atom is -0.497 e. The number of allylic oxidation sites excluding steroid dienone is 1. The van der Waals surface area contributed by atoms with Gasteiger partial charge in [-0.15, -0.1) is 13.2 Å². The number of nitrogens with one attached hydrogen (secondary N) is 1. The molecule has 4 rings (SSSR count). The van der Waals surface area contributed by atoms with E-state index < -0.39 is 29.4 Å². The highest BCUT2D eigenvalue weighted by Crippen LogP contribution is 2.46. The summed E-state index contributed by atoms with van der Waals surface area (Å²) in [6, 6.07) is 9.22. The summed E-state index contributed by atoms with van der Waals surface area (Å²) in [7, 11) is 4.83. The summed E-state index contributed by atoms with van der Waals surface area (Å²) in [6.45, 7) is 14.0. The highest BCUT2D eigenvalue weighted by Gasteiger charge is 2.62. The van der Waals surface area contributed by atoms with Crippen molar-refractivity contribution in [2.75, 3.05) is 34.4 Å². The van der Waals surface area contributed by atoms with Crippen LogP contribution in [0.2, 0.25) is 0 Å². The van der Waals surface area contributed by atoms with Crippen LogP contribution in [0.15, 0.2) is 55.6 Å². The second-order valence-electron chi connectivity index (χ2n) is 11.5. The molecule has 2 amide bonds. The van der Waals surface area contributed by atoms with Gasteiger partial charge in [-0.3, -0.25) is 9.59 Å². The summed E-state index contributed by atoms with van der Waals surface area (Å²) >= 11 is 0. The van der Waals surface area contributed by atoms with Crippen molar-refractivity contribution in [2.45, 2.75) is 70.9 Å². The molecular formula is C36H52N4O7. The molecule has 1 N–H and O–H groups in total. The van der Waals surface area contributed by atoms with Crippen molar-refractivity contribution in [3.63, 3.8) is 0 Å². The number of carbonyl (C=O) groups is 3. The molecule has 0 aliphatic heterocycles. The lowest BCUT2D eigenvalue weighted by atomic mass is 9.93. The zero-order valence-corrected chi connectivity index (χ0v) is 28.6. The van der Waals surface area contributed by atoms with Gasteiger partial charge in [-0.1, -0.05) is 26.0 Å². The molecule has 0 radical (unpaired) electrons. The van der Waals surface area contributed by atoms with Gasteiger partial charge in [-0.05, 0) is 69.7 Å². The highest BCUT2D eigenvalue weighted by atomic mass is 16.5. The van der Waals surface area contributed by atoms with Gasteiger partial charge in [0.2, 0.25) is 17.7 Å². The predicted octanol–water partition coefficient (Wildman–Crippen LogP) is 5.65. The Labute approximate surface area is 280 Å². The van der Waals surface area contributed by atoms with Crippen LogP contribution in [0.25, 0.3) is 11.3 Å². The number of carbonyl (C=O) groups excluding carboxylic acids is 3. The number of benzene rings is 1. The first-order valence-corrected chi connectivity index (χ1v) is 16.4. The predicted molar refractivity (Wildman–Crippen MR) is 182 cm³/mol. The average Bonchev–Trinajstić information content (AvgIpc) is 3.66. The van der Waals surface area contributed by atoms with Crippen LogP contribution >= 0.6 is 0 Å². The quantitative estimate of drug-likeness (QED) is 0.139. The molecule has 1 heterocycles. The highest BCUT2D eigenvalue weighted by molar-refractivity contribution is 5.95. The van der Waals surface area contributed by atoms with Crippen LogP contribution in [0.4, 0.5) is 0 Å². The van der Waals surface area contributed by atoms with Crippen LogP contribution in [0.3, 0.4) is 0 Å². The summed E-state index contributed by atoms with van der Waals surface area (Å²) in [5.41, 5.74) is 0.228. The van der Waals surface area contributed by atoms with E-state index in [1.807, 2.05) is 44.2 Å². The van der Waals surface area contributed by atoms with Gasteiger partial charge in [0.05, 0.1) is 38.4 Å². The number of aromatic nitrogens is 2. The number of ether oxygens (including phenoxy) is 4. The Morgan fingerprint density at radius 3 is 2.36 bits per heavy atom. The van der Waals surface area contributed by atoms with Crippen LogP contribution < -0.4 is 19.5 Å². The van der Waals surface area contributed by atoms with Gasteiger partial charge in [-0.2, -0.15) is 9.97 Å². The van der Waals surface area contributed by atoms with Gasteiger partial charge in [0.15, 0.2) is 0 Å². The fraction of sp³-hybridized carbons (Fsp3) is 0.528. The Bertz CT molecular complexity index is 1390. The van der Waals surface area contributed by atoms with Crippen molar-refractivity contribution in [3.05, 3.63) is 55.6 Å². The number of unbranched alkanes of at least 4 members (excludes halogenated alkanes) is 2. The lowest BCUT2D eigenvalue weighted by molar-refractivity contribution is -0.150. The van der Waals surface area contributed by atoms with Gasteiger partial charge in [0.25, 0.3) is 0 Å². The van der Waals surface area contributed by atoms with E-state index in [1.165, 1.54) is 7.11 Å². The number of rotatable bonds is 16. The van der Waals surface area contributed by atoms with Crippen molar-refractivity contribution in [2.24, 2.45) is 17.8 Å². The van der Waals surface area contributed by atoms with Crippen LogP contribution in [0, 0.1) is 17.8 Å². The van der Waals surface area contributed by atoms with E-state index in [0.717, 1.165) is 24.8 Å². The van der Waals surface area contributed by atoms with Gasteiger partial charge in [0, 0.05) is 32.6 Å². The summed E-state index contributed by atoms with van der Waals surface area (Å²) in [5.74, 6) is -1.64. The Morgan fingerprint density at radius 2 is 1.77 bits per heavy atom. The van der Waals surface area contributed by atoms with Gasteiger partial charge in [-0.25, -0.2) is 4.79 Å². The zero-order valence-electron chi connectivity index (χ0n) is 28.6. The SMILES string of the molecule is C=CCCCCN(C)C(=O)[C@@H]1C[C@H](Oc2cc(-c3ccc(OC)cc3)nc(OC)n2)C[C@H]1C(=O)N[C@]1(C(=O)OCC)C[C@H]1C=C.CC.[HH]. The van der Waals surface area contributed by atoms with Gasteiger partial charge >= 0.3 is 12.0 Å². The van der Waals surface area contributed by atoms with Crippen molar-refractivity contribution < 1.29 is 34.8 Å². The minimum atomic E-state index is -1.16. The van der Waals surface area contributed by atoms with E-state index in [4.69, 9.17) is 18.9 Å². The van der Waals surface area contributed by atoms with Crippen LogP contribution in [0.1, 0.15) is 60.7 Å². The Morgan fingerprint density at radius 1 is 1.06 bits per heavy atom. The van der Waals surface area contributed by atoms with E-state index in [0.29, 0.717) is 30.8 Å². The largest absolute Gasteiger partial charge is 0.497 e. The van der Waals surface area contributed by atoms with E-state index in [2.05, 4.69) is 28.4 Å². The number of nitrogens with zero attached hydrogens (tertiary/aromatic N) is 3. The second-order valence-corrected chi connectivity index (χ2v) is 11.5. The Balaban J connectivity index is 0.00000262. The van der Waals surface area contributed by atoms with Gasteiger partial charge in [0.1, 0.15) is 17.4 Å². The molecule has 2 aliphatic rings. The third kappa shape index (κ3) is 9.11. The third-order valence-corrected chi connectivity index (χ3v) is 8.52. The molecule has 2 aromatic rings. The number of amides is 2. The number of hydrogen-bond donors (Lipinski definition) is 1. The Kier molecular flexibility index (Phi) is 13.8. The second kappa shape index (κ2) is 17.5. The molecule has 1 aromatic heterocycles. The molecule has 2 fully saturated rings. The zero-order chi connectivity index (χ0) is 34.6. The minimum absolute atomic E-state index is 0. The topological polar surface area (TPSA) is 129 Å². The van der Waals surface area contributed by atoms with E-state index in [1.54, 1.807) is 38.1 Å².